The van der Waals surface area contributed by atoms with Crippen LogP contribution in [0.1, 0.15) is 66.8 Å². The van der Waals surface area contributed by atoms with Crippen LogP contribution in [0.5, 0.6) is 0 Å². The Morgan fingerprint density at radius 1 is 0.125 bits per heavy atom. The molecule has 10 aliphatic rings. The van der Waals surface area contributed by atoms with Gasteiger partial charge in [0.05, 0.1) is 0 Å². The molecule has 0 N–H and O–H groups in total. The van der Waals surface area contributed by atoms with Gasteiger partial charge < -0.3 is 0 Å². The van der Waals surface area contributed by atoms with Crippen molar-refractivity contribution >= 4 is 0 Å². The summed E-state index contributed by atoms with van der Waals surface area (Å²) in [6, 6.07) is 47.9. The first-order valence-corrected chi connectivity index (χ1v) is 15.4. The van der Waals surface area contributed by atoms with Gasteiger partial charge in [0.25, 0.3) is 0 Å². The first-order valence-electron chi connectivity index (χ1n) is 15.4. The van der Waals surface area contributed by atoms with E-state index in [-0.39, 0.29) is 0 Å². The lowest BCUT2D eigenvalue weighted by atomic mass is 10.1. The molecule has 0 spiro atoms. The fourth-order valence-electron chi connectivity index (χ4n) is 4.69. The molecule has 10 aliphatic carbocycles. The Balaban J connectivity index is 1.16. The summed E-state index contributed by atoms with van der Waals surface area (Å²) in [7, 11) is 0. The van der Waals surface area contributed by atoms with E-state index >= 15 is 0 Å². The highest BCUT2D eigenvalue weighted by Gasteiger charge is 1.95. The molecule has 0 fully saturated rings. The van der Waals surface area contributed by atoms with Crippen LogP contribution in [-0.4, -0.2) is 0 Å². The lowest BCUT2D eigenvalue weighted by Gasteiger charge is -1.95. The van der Waals surface area contributed by atoms with Crippen molar-refractivity contribution in [3.63, 3.8) is 0 Å². The minimum Gasteiger partial charge on any atom is -0.0617 e. The molecule has 0 saturated carbocycles. The van der Waals surface area contributed by atoms with E-state index in [1.165, 1.54) is 0 Å². The minimum atomic E-state index is 0.934. The van der Waals surface area contributed by atoms with Gasteiger partial charge in [-0.05, 0) is 146 Å². The summed E-state index contributed by atoms with van der Waals surface area (Å²) in [5.41, 5.74) is 11.2. The molecule has 216 valence electrons. The van der Waals surface area contributed by atoms with Gasteiger partial charge in [-0.1, -0.05) is 71.0 Å². The summed E-state index contributed by atoms with van der Waals surface area (Å²) in [6.07, 6.45) is 0. The lowest BCUT2D eigenvalue weighted by molar-refractivity contribution is 1.56. The van der Waals surface area contributed by atoms with Crippen LogP contribution in [0, 0.1) is 71.0 Å². The van der Waals surface area contributed by atoms with E-state index in [1.807, 2.05) is 146 Å². The van der Waals surface area contributed by atoms with Crippen molar-refractivity contribution in [2.24, 2.45) is 0 Å². The van der Waals surface area contributed by atoms with Crippen LogP contribution in [0.15, 0.2) is 146 Å². The molecule has 0 heteroatoms. The highest BCUT2D eigenvalue weighted by atomic mass is 14.0. The SMILES string of the molecule is C1#Cc2ccc(cc2)C#Cc2ccc(cc2)C#Cc2ccc(cc2)C#Cc2ccc(cc2)C#Cc2ccc(cc2)C#Cc2ccc1cc2. The molecule has 0 radical (unpaired) electrons. The van der Waals surface area contributed by atoms with Gasteiger partial charge in [-0.3, -0.25) is 0 Å². The predicted molar refractivity (Wildman–Crippen MR) is 195 cm³/mol. The second kappa shape index (κ2) is 14.2. The third-order valence-corrected chi connectivity index (χ3v) is 7.42. The van der Waals surface area contributed by atoms with Crippen molar-refractivity contribution in [2.45, 2.75) is 0 Å². The molecule has 0 aromatic heterocycles. The summed E-state index contributed by atoms with van der Waals surface area (Å²) < 4.78 is 0. The lowest BCUT2D eigenvalue weighted by Crippen LogP contribution is -1.82. The van der Waals surface area contributed by atoms with E-state index in [9.17, 15) is 0 Å². The van der Waals surface area contributed by atoms with E-state index in [0.717, 1.165) is 66.8 Å². The molecule has 0 saturated heterocycles. The molecule has 0 heterocycles. The van der Waals surface area contributed by atoms with Crippen LogP contribution in [0.25, 0.3) is 0 Å². The molecule has 0 nitrogen and oxygen atoms in total. The second-order valence-electron chi connectivity index (χ2n) is 11.0. The molecular formula is C48H24. The molecule has 48 heavy (non-hydrogen) atoms. The fraction of sp³-hybridized carbons (Fsp3) is 0. The maximum absolute atomic E-state index is 3.24. The standard InChI is InChI=1S/C48H24/c1-2-38-4-3-37(1)25-26-39-5-7-41(8-6-39)29-30-43-13-15-45(16-14-43)33-34-47-21-23-48(24-22-47)36-35-46-19-17-44(18-20-46)32-31-42-11-9-40(10-12-42)28-27-38/h1-24H. The maximum atomic E-state index is 3.24. The minimum absolute atomic E-state index is 0.934. The topological polar surface area (TPSA) is 0 Å². The zero-order valence-corrected chi connectivity index (χ0v) is 25.9. The Morgan fingerprint density at radius 2 is 0.188 bits per heavy atom. The second-order valence-corrected chi connectivity index (χ2v) is 11.0. The molecule has 0 atom stereocenters. The van der Waals surface area contributed by atoms with Crippen molar-refractivity contribution < 1.29 is 0 Å². The summed E-state index contributed by atoms with van der Waals surface area (Å²) in [4.78, 5) is 0. The normalized spacial score (nSPS) is 10.5. The molecule has 6 aromatic rings. The average Bonchev–Trinajstić information content (AvgIpc) is 3.15. The highest BCUT2D eigenvalue weighted by Crippen LogP contribution is 2.10. The van der Waals surface area contributed by atoms with Gasteiger partial charge in [0.15, 0.2) is 0 Å². The summed E-state index contributed by atoms with van der Waals surface area (Å²) in [5, 5.41) is 0. The Labute approximate surface area is 282 Å². The van der Waals surface area contributed by atoms with Crippen LogP contribution in [0.2, 0.25) is 0 Å². The van der Waals surface area contributed by atoms with Crippen molar-refractivity contribution in [3.05, 3.63) is 212 Å². The van der Waals surface area contributed by atoms with Crippen molar-refractivity contribution in [1.82, 2.24) is 0 Å². The predicted octanol–water partition coefficient (Wildman–Crippen LogP) is 8.40. The monoisotopic (exact) mass is 600 g/mol. The maximum Gasteiger partial charge on any atom is 0.0249 e. The fourth-order valence-corrected chi connectivity index (χ4v) is 4.69. The van der Waals surface area contributed by atoms with Crippen LogP contribution >= 0.6 is 0 Å². The van der Waals surface area contributed by atoms with E-state index in [2.05, 4.69) is 71.0 Å². The zero-order chi connectivity index (χ0) is 32.4. The van der Waals surface area contributed by atoms with Gasteiger partial charge in [0, 0.05) is 66.8 Å². The van der Waals surface area contributed by atoms with Crippen LogP contribution < -0.4 is 0 Å². The zero-order valence-electron chi connectivity index (χ0n) is 25.9. The van der Waals surface area contributed by atoms with Gasteiger partial charge in [0.1, 0.15) is 0 Å². The smallest absolute Gasteiger partial charge is 0.0249 e. The Bertz CT molecular complexity index is 1850. The quantitative estimate of drug-likeness (QED) is 0.153. The van der Waals surface area contributed by atoms with Gasteiger partial charge in [0.2, 0.25) is 0 Å². The molecule has 6 aromatic carbocycles. The molecular weight excluding hydrogens is 577 g/mol. The Hall–Kier alpha value is -7.32. The first kappa shape index (κ1) is 29.4. The highest BCUT2D eigenvalue weighted by molar-refractivity contribution is 5.53. The average molecular weight is 601 g/mol. The van der Waals surface area contributed by atoms with Crippen LogP contribution in [0.3, 0.4) is 0 Å². The molecule has 0 unspecified atom stereocenters. The number of rotatable bonds is 0. The van der Waals surface area contributed by atoms with E-state index in [1.54, 1.807) is 0 Å². The van der Waals surface area contributed by atoms with E-state index < -0.39 is 0 Å². The van der Waals surface area contributed by atoms with E-state index in [0.29, 0.717) is 0 Å². The van der Waals surface area contributed by atoms with Crippen LogP contribution in [-0.2, 0) is 0 Å². The number of benzene rings is 6. The third kappa shape index (κ3) is 8.03. The van der Waals surface area contributed by atoms with Crippen molar-refractivity contribution in [2.75, 3.05) is 0 Å². The molecule has 0 amide bonds. The number of hydrogen-bond donors (Lipinski definition) is 0. The molecule has 12 bridgehead atoms. The molecule has 16 rings (SSSR count). The largest absolute Gasteiger partial charge is 0.0617 e. The van der Waals surface area contributed by atoms with Crippen molar-refractivity contribution in [3.8, 4) is 71.0 Å². The Kier molecular flexibility index (Phi) is 8.69. The third-order valence-electron chi connectivity index (χ3n) is 7.42. The van der Waals surface area contributed by atoms with Gasteiger partial charge in [-0.25, -0.2) is 0 Å². The summed E-state index contributed by atoms with van der Waals surface area (Å²) in [6.45, 7) is 0. The van der Waals surface area contributed by atoms with E-state index in [4.69, 9.17) is 0 Å². The summed E-state index contributed by atoms with van der Waals surface area (Å²) in [5.74, 6) is 38.9. The van der Waals surface area contributed by atoms with Crippen molar-refractivity contribution in [1.29, 1.82) is 0 Å². The van der Waals surface area contributed by atoms with Gasteiger partial charge >= 0.3 is 0 Å². The molecule has 0 aliphatic heterocycles. The first-order chi connectivity index (χ1) is 23.7. The van der Waals surface area contributed by atoms with Gasteiger partial charge in [-0.15, -0.1) is 0 Å². The number of hydrogen-bond acceptors (Lipinski definition) is 0. The Morgan fingerprint density at radius 3 is 0.250 bits per heavy atom. The van der Waals surface area contributed by atoms with Gasteiger partial charge in [-0.2, -0.15) is 0 Å². The van der Waals surface area contributed by atoms with Crippen LogP contribution in [0.4, 0.5) is 0 Å². The summed E-state index contributed by atoms with van der Waals surface area (Å²) >= 11 is 0.